The van der Waals surface area contributed by atoms with E-state index in [1.54, 1.807) is 11.1 Å². The van der Waals surface area contributed by atoms with Crippen LogP contribution in [-0.4, -0.2) is 0 Å². The van der Waals surface area contributed by atoms with Gasteiger partial charge >= 0.3 is 0 Å². The van der Waals surface area contributed by atoms with Crippen molar-refractivity contribution in [2.75, 3.05) is 4.90 Å². The molecule has 0 amide bonds. The summed E-state index contributed by atoms with van der Waals surface area (Å²) in [6.07, 6.45) is 9.44. The number of para-hydroxylation sites is 1. The lowest BCUT2D eigenvalue weighted by atomic mass is 9.43. The Morgan fingerprint density at radius 2 is 0.914 bits per heavy atom. The van der Waals surface area contributed by atoms with E-state index in [2.05, 4.69) is 174 Å². The van der Waals surface area contributed by atoms with E-state index in [0.717, 1.165) is 23.7 Å². The van der Waals surface area contributed by atoms with Crippen LogP contribution in [0, 0.1) is 23.7 Å². The molecule has 58 heavy (non-hydrogen) atoms. The van der Waals surface area contributed by atoms with Crippen molar-refractivity contribution in [3.63, 3.8) is 0 Å². The summed E-state index contributed by atoms with van der Waals surface area (Å²) in [5.41, 5.74) is 21.6. The minimum atomic E-state index is -0.0920. The standard InChI is InChI=1S/C57H57N/c1-54(2)26-27-55(3,4)53-46(17-13-20-49(53)54)45-16-9-12-21-52(45)58(39-22-24-43-41-14-7-10-18-47(41)56(5,6)50(43)33-39)40-23-25-44-42-15-8-11-19-48(42)57(51(44)34-40)37-29-35-28-36(31-37)32-38(57)30-35/h7-25,33-38H,26-32H2,1-6H3. The second kappa shape index (κ2) is 11.9. The van der Waals surface area contributed by atoms with E-state index in [9.17, 15) is 0 Å². The lowest BCUT2D eigenvalue weighted by Gasteiger charge is -2.61. The molecule has 290 valence electrons. The third kappa shape index (κ3) is 4.60. The monoisotopic (exact) mass is 755 g/mol. The van der Waals surface area contributed by atoms with Crippen LogP contribution in [0.2, 0.25) is 0 Å². The zero-order chi connectivity index (χ0) is 39.3. The largest absolute Gasteiger partial charge is 0.310 e. The van der Waals surface area contributed by atoms with Gasteiger partial charge in [-0.2, -0.15) is 0 Å². The molecule has 0 aliphatic heterocycles. The summed E-state index contributed by atoms with van der Waals surface area (Å²) in [6.45, 7) is 14.7. The summed E-state index contributed by atoms with van der Waals surface area (Å²) in [5.74, 6) is 3.28. The Morgan fingerprint density at radius 3 is 1.60 bits per heavy atom. The third-order valence-electron chi connectivity index (χ3n) is 16.9. The van der Waals surface area contributed by atoms with Crippen LogP contribution >= 0.6 is 0 Å². The Balaban J connectivity index is 1.11. The first kappa shape index (κ1) is 35.1. The molecule has 7 aliphatic carbocycles. The van der Waals surface area contributed by atoms with E-state index in [-0.39, 0.29) is 21.7 Å². The number of fused-ring (bicyclic) bond motifs is 7. The van der Waals surface area contributed by atoms with Crippen LogP contribution in [0.3, 0.4) is 0 Å². The highest BCUT2D eigenvalue weighted by atomic mass is 15.1. The predicted octanol–water partition coefficient (Wildman–Crippen LogP) is 15.2. The van der Waals surface area contributed by atoms with Crippen molar-refractivity contribution < 1.29 is 0 Å². The topological polar surface area (TPSA) is 3.24 Å². The minimum Gasteiger partial charge on any atom is -0.310 e. The van der Waals surface area contributed by atoms with E-state index in [1.165, 1.54) is 118 Å². The van der Waals surface area contributed by atoms with Crippen molar-refractivity contribution >= 4 is 17.1 Å². The van der Waals surface area contributed by atoms with E-state index < -0.39 is 0 Å². The maximum absolute atomic E-state index is 2.69. The summed E-state index contributed by atoms with van der Waals surface area (Å²) in [5, 5.41) is 0. The van der Waals surface area contributed by atoms with Gasteiger partial charge in [-0.15, -0.1) is 0 Å². The van der Waals surface area contributed by atoms with E-state index in [0.29, 0.717) is 0 Å². The molecule has 1 heteroatoms. The smallest absolute Gasteiger partial charge is 0.0540 e. The number of hydrogen-bond acceptors (Lipinski definition) is 1. The molecular formula is C57H57N. The van der Waals surface area contributed by atoms with Gasteiger partial charge < -0.3 is 4.90 Å². The molecule has 7 aliphatic rings. The molecule has 0 aromatic heterocycles. The van der Waals surface area contributed by atoms with E-state index >= 15 is 0 Å². The Hall–Kier alpha value is -4.88. The Morgan fingerprint density at radius 1 is 0.414 bits per heavy atom. The van der Waals surface area contributed by atoms with E-state index in [1.807, 2.05) is 0 Å². The fourth-order valence-corrected chi connectivity index (χ4v) is 14.4. The van der Waals surface area contributed by atoms with Crippen molar-refractivity contribution in [3.05, 3.63) is 161 Å². The van der Waals surface area contributed by atoms with Gasteiger partial charge in [0, 0.05) is 27.8 Å². The zero-order valence-electron chi connectivity index (χ0n) is 35.3. The Kier molecular flexibility index (Phi) is 7.18. The van der Waals surface area contributed by atoms with Crippen molar-refractivity contribution in [3.8, 4) is 33.4 Å². The van der Waals surface area contributed by atoms with Crippen molar-refractivity contribution in [1.29, 1.82) is 0 Å². The molecule has 6 aromatic rings. The number of hydrogen-bond donors (Lipinski definition) is 0. The van der Waals surface area contributed by atoms with Crippen LogP contribution in [0.1, 0.15) is 120 Å². The quantitative estimate of drug-likeness (QED) is 0.173. The van der Waals surface area contributed by atoms with Gasteiger partial charge in [0.25, 0.3) is 0 Å². The molecule has 0 heterocycles. The maximum atomic E-state index is 2.69. The van der Waals surface area contributed by atoms with Crippen LogP contribution in [0.15, 0.2) is 127 Å². The molecule has 4 saturated carbocycles. The normalized spacial score (nSPS) is 26.8. The fourth-order valence-electron chi connectivity index (χ4n) is 14.4. The first-order valence-corrected chi connectivity index (χ1v) is 22.5. The molecule has 13 rings (SSSR count). The first-order chi connectivity index (χ1) is 28.0. The molecule has 0 unspecified atom stereocenters. The summed E-state index contributed by atoms with van der Waals surface area (Å²) >= 11 is 0. The van der Waals surface area contributed by atoms with Gasteiger partial charge in [0.05, 0.1) is 5.69 Å². The average Bonchev–Trinajstić information content (AvgIpc) is 3.64. The molecule has 0 atom stereocenters. The van der Waals surface area contributed by atoms with Gasteiger partial charge in [-0.3, -0.25) is 0 Å². The second-order valence-electron chi connectivity index (χ2n) is 21.2. The van der Waals surface area contributed by atoms with Crippen LogP contribution in [0.5, 0.6) is 0 Å². The highest BCUT2D eigenvalue weighted by Gasteiger charge is 2.61. The lowest BCUT2D eigenvalue weighted by Crippen LogP contribution is -2.55. The van der Waals surface area contributed by atoms with Crippen molar-refractivity contribution in [2.45, 2.75) is 108 Å². The summed E-state index contributed by atoms with van der Waals surface area (Å²) < 4.78 is 0. The summed E-state index contributed by atoms with van der Waals surface area (Å²) in [7, 11) is 0. The highest BCUT2D eigenvalue weighted by Crippen LogP contribution is 2.70. The van der Waals surface area contributed by atoms with Gasteiger partial charge in [-0.05, 0) is 171 Å². The molecule has 1 nitrogen and oxygen atoms in total. The molecule has 4 fully saturated rings. The molecule has 1 spiro atoms. The molecule has 4 bridgehead atoms. The number of nitrogens with zero attached hydrogens (tertiary/aromatic N) is 1. The molecular weight excluding hydrogens is 699 g/mol. The van der Waals surface area contributed by atoms with Crippen LogP contribution < -0.4 is 4.90 Å². The molecule has 6 aromatic carbocycles. The maximum Gasteiger partial charge on any atom is 0.0540 e. The summed E-state index contributed by atoms with van der Waals surface area (Å²) in [6, 6.07) is 50.2. The third-order valence-corrected chi connectivity index (χ3v) is 16.9. The zero-order valence-corrected chi connectivity index (χ0v) is 35.3. The number of anilines is 3. The fraction of sp³-hybridized carbons (Fsp3) is 0.368. The predicted molar refractivity (Wildman–Crippen MR) is 243 cm³/mol. The van der Waals surface area contributed by atoms with Gasteiger partial charge in [0.15, 0.2) is 0 Å². The first-order valence-electron chi connectivity index (χ1n) is 22.5. The van der Waals surface area contributed by atoms with Crippen LogP contribution in [0.25, 0.3) is 33.4 Å². The van der Waals surface area contributed by atoms with Crippen molar-refractivity contribution in [2.24, 2.45) is 23.7 Å². The van der Waals surface area contributed by atoms with Gasteiger partial charge in [0.2, 0.25) is 0 Å². The van der Waals surface area contributed by atoms with Crippen molar-refractivity contribution in [1.82, 2.24) is 0 Å². The second-order valence-corrected chi connectivity index (χ2v) is 21.2. The number of rotatable bonds is 4. The van der Waals surface area contributed by atoms with Crippen LogP contribution in [0.4, 0.5) is 17.1 Å². The molecule has 0 radical (unpaired) electrons. The van der Waals surface area contributed by atoms with Gasteiger partial charge in [0.1, 0.15) is 0 Å². The lowest BCUT2D eigenvalue weighted by molar-refractivity contribution is -0.0399. The molecule has 0 saturated heterocycles. The van der Waals surface area contributed by atoms with Gasteiger partial charge in [-0.1, -0.05) is 139 Å². The molecule has 0 N–H and O–H groups in total. The van der Waals surface area contributed by atoms with E-state index in [4.69, 9.17) is 0 Å². The Labute approximate surface area is 346 Å². The minimum absolute atomic E-state index is 0.0773. The average molecular weight is 756 g/mol. The SMILES string of the molecule is CC1(C)CCC(C)(C)c2c(-c3ccccc3N(c3ccc4c(c3)C(C)(C)c3ccccc3-4)c3ccc4c(c3)C3(c5ccccc5-4)C4CC5CC(C4)CC3C5)cccc21. The van der Waals surface area contributed by atoms with Crippen LogP contribution in [-0.2, 0) is 21.7 Å². The number of benzene rings is 6. The van der Waals surface area contributed by atoms with Gasteiger partial charge in [-0.25, -0.2) is 0 Å². The Bertz CT molecular complexity index is 2660. The highest BCUT2D eigenvalue weighted by molar-refractivity contribution is 5.93. The summed E-state index contributed by atoms with van der Waals surface area (Å²) in [4.78, 5) is 2.65.